The largest absolute Gasteiger partial charge is 0.458 e. The van der Waals surface area contributed by atoms with E-state index in [4.69, 9.17) is 9.72 Å². The summed E-state index contributed by atoms with van der Waals surface area (Å²) in [5, 5.41) is 2.32. The summed E-state index contributed by atoms with van der Waals surface area (Å²) in [7, 11) is 0. The highest BCUT2D eigenvalue weighted by atomic mass is 16.5. The normalized spacial score (nSPS) is 11.8. The topological polar surface area (TPSA) is 35.9 Å². The Morgan fingerprint density at radius 1 is 0.551 bits per heavy atom. The number of benzene rings is 6. The van der Waals surface area contributed by atoms with Gasteiger partial charge < -0.3 is 4.74 Å². The molecule has 0 spiro atoms. The van der Waals surface area contributed by atoms with E-state index in [1.807, 2.05) is 35.0 Å². The van der Waals surface area contributed by atoms with E-state index >= 15 is 0 Å². The molecule has 8 bridgehead atoms. The van der Waals surface area contributed by atoms with Gasteiger partial charge >= 0.3 is 0 Å². The van der Waals surface area contributed by atoms with Gasteiger partial charge in [0.15, 0.2) is 0 Å². The van der Waals surface area contributed by atoms with Crippen LogP contribution in [0.3, 0.4) is 0 Å². The van der Waals surface area contributed by atoms with E-state index in [-0.39, 0.29) is 0 Å². The fraction of sp³-hybridized carbons (Fsp3) is 0. The standard InChI is InChI=1S/C44H28N4O/c1-2-11-30(12-3-1)34-18-9-19-39-35-15-4-5-16-36(35)40-20-10-22-43(45-40)48-41-21-7-6-17-37(41)38-24-23-33(28-42(38)48)49-32-14-8-13-31(27-32)46-25-26-47(29-46)44(34)39/h1-28H. The number of para-hydroxylation sites is 2. The molecule has 0 saturated heterocycles. The van der Waals surface area contributed by atoms with Gasteiger partial charge in [0.2, 0.25) is 0 Å². The van der Waals surface area contributed by atoms with Crippen LogP contribution in [-0.4, -0.2) is 14.1 Å². The summed E-state index contributed by atoms with van der Waals surface area (Å²) in [5.74, 6) is 2.34. The average molecular weight is 629 g/mol. The van der Waals surface area contributed by atoms with Crippen molar-refractivity contribution in [2.24, 2.45) is 0 Å². The molecule has 49 heavy (non-hydrogen) atoms. The van der Waals surface area contributed by atoms with Crippen molar-refractivity contribution in [2.75, 3.05) is 0 Å². The molecule has 0 unspecified atom stereocenters. The summed E-state index contributed by atoms with van der Waals surface area (Å²) in [6.07, 6.45) is 7.73. The van der Waals surface area contributed by atoms with Gasteiger partial charge in [0.1, 0.15) is 17.3 Å². The molecule has 0 atom stereocenters. The van der Waals surface area contributed by atoms with Gasteiger partial charge in [-0.05, 0) is 70.8 Å². The SMILES string of the molecule is [c-]1n2cc[n+]1-c1c(-c3ccccc3)cccc1-c1ccccc1-c1cccc(n1)-n1c3ccccc3c3ccc(cc31)Oc1cccc-2c1. The van der Waals surface area contributed by atoms with E-state index in [9.17, 15) is 0 Å². The first kappa shape index (κ1) is 27.4. The molecule has 0 N–H and O–H groups in total. The second kappa shape index (κ2) is 10.9. The lowest BCUT2D eigenvalue weighted by molar-refractivity contribution is -0.598. The Morgan fingerprint density at radius 3 is 2.22 bits per heavy atom. The highest BCUT2D eigenvalue weighted by Crippen LogP contribution is 2.39. The van der Waals surface area contributed by atoms with Crippen LogP contribution in [0.1, 0.15) is 0 Å². The Kier molecular flexibility index (Phi) is 6.11. The van der Waals surface area contributed by atoms with Gasteiger partial charge in [-0.2, -0.15) is 0 Å². The smallest absolute Gasteiger partial charge is 0.268 e. The van der Waals surface area contributed by atoms with E-state index < -0.39 is 0 Å². The van der Waals surface area contributed by atoms with Crippen LogP contribution in [0.2, 0.25) is 0 Å². The van der Waals surface area contributed by atoms with E-state index in [0.717, 1.165) is 78.6 Å². The maximum Gasteiger partial charge on any atom is 0.268 e. The Bertz CT molecular complexity index is 2700. The van der Waals surface area contributed by atoms with Gasteiger partial charge in [0.25, 0.3) is 6.33 Å². The second-order valence-corrected chi connectivity index (χ2v) is 12.3. The number of pyridine rings is 1. The Balaban J connectivity index is 1.30. The summed E-state index contributed by atoms with van der Waals surface area (Å²) in [5.41, 5.74) is 10.5. The first-order valence-corrected chi connectivity index (χ1v) is 16.4. The molecule has 9 aromatic rings. The molecule has 5 heteroatoms. The van der Waals surface area contributed by atoms with Crippen LogP contribution < -0.4 is 9.30 Å². The molecule has 6 aromatic carbocycles. The average Bonchev–Trinajstić information content (AvgIpc) is 3.78. The minimum absolute atomic E-state index is 0.744. The highest BCUT2D eigenvalue weighted by molar-refractivity contribution is 6.09. The summed E-state index contributed by atoms with van der Waals surface area (Å²) < 4.78 is 12.9. The Morgan fingerprint density at radius 2 is 1.29 bits per heavy atom. The molecule has 0 saturated carbocycles. The zero-order valence-electron chi connectivity index (χ0n) is 26.4. The fourth-order valence-corrected chi connectivity index (χ4v) is 7.19. The predicted molar refractivity (Wildman–Crippen MR) is 195 cm³/mol. The molecule has 3 aromatic heterocycles. The van der Waals surface area contributed by atoms with Gasteiger partial charge in [-0.15, -0.1) is 0 Å². The van der Waals surface area contributed by atoms with Crippen molar-refractivity contribution in [1.82, 2.24) is 14.1 Å². The third-order valence-corrected chi connectivity index (χ3v) is 9.38. The molecule has 1 aliphatic heterocycles. The summed E-state index contributed by atoms with van der Waals surface area (Å²) in [6.45, 7) is 0. The molecule has 0 aliphatic carbocycles. The van der Waals surface area contributed by atoms with Crippen LogP contribution in [0.5, 0.6) is 11.5 Å². The van der Waals surface area contributed by atoms with Gasteiger partial charge in [-0.25, -0.2) is 4.98 Å². The molecule has 5 nitrogen and oxygen atoms in total. The van der Waals surface area contributed by atoms with Crippen LogP contribution in [0, 0.1) is 6.33 Å². The highest BCUT2D eigenvalue weighted by Gasteiger charge is 2.20. The van der Waals surface area contributed by atoms with Crippen molar-refractivity contribution in [2.45, 2.75) is 0 Å². The number of fused-ring (bicyclic) bond motifs is 17. The van der Waals surface area contributed by atoms with Gasteiger partial charge in [-0.1, -0.05) is 103 Å². The molecule has 10 rings (SSSR count). The number of aromatic nitrogens is 4. The van der Waals surface area contributed by atoms with E-state index in [1.165, 1.54) is 5.39 Å². The van der Waals surface area contributed by atoms with Gasteiger partial charge in [-0.3, -0.25) is 13.7 Å². The summed E-state index contributed by atoms with van der Waals surface area (Å²) in [6, 6.07) is 54.9. The number of rotatable bonds is 1. The number of ether oxygens (including phenoxy) is 1. The Labute approximate surface area is 283 Å². The first-order chi connectivity index (χ1) is 24.3. The van der Waals surface area contributed by atoms with E-state index in [0.29, 0.717) is 0 Å². The maximum atomic E-state index is 6.54. The van der Waals surface area contributed by atoms with Crippen LogP contribution in [0.4, 0.5) is 0 Å². The summed E-state index contributed by atoms with van der Waals surface area (Å²) in [4.78, 5) is 5.37. The molecule has 0 amide bonds. The second-order valence-electron chi connectivity index (χ2n) is 12.3. The molecule has 1 aliphatic rings. The monoisotopic (exact) mass is 628 g/mol. The Hall–Kier alpha value is -6.72. The van der Waals surface area contributed by atoms with Crippen molar-refractivity contribution in [1.29, 1.82) is 0 Å². The van der Waals surface area contributed by atoms with Crippen molar-refractivity contribution in [3.8, 4) is 62.2 Å². The lowest BCUT2D eigenvalue weighted by Gasteiger charge is -2.19. The lowest BCUT2D eigenvalue weighted by Crippen LogP contribution is -2.30. The minimum atomic E-state index is 0.744. The fourth-order valence-electron chi connectivity index (χ4n) is 7.19. The van der Waals surface area contributed by atoms with E-state index in [1.54, 1.807) is 0 Å². The number of hydrogen-bond donors (Lipinski definition) is 0. The molecular formula is C44H28N4O. The van der Waals surface area contributed by atoms with E-state index in [2.05, 4.69) is 155 Å². The van der Waals surface area contributed by atoms with Crippen molar-refractivity contribution >= 4 is 21.8 Å². The number of nitrogens with zero attached hydrogens (tertiary/aromatic N) is 4. The first-order valence-electron chi connectivity index (χ1n) is 16.4. The minimum Gasteiger partial charge on any atom is -0.458 e. The quantitative estimate of drug-likeness (QED) is 0.134. The summed E-state index contributed by atoms with van der Waals surface area (Å²) >= 11 is 0. The van der Waals surface area contributed by atoms with Crippen molar-refractivity contribution in [3.05, 3.63) is 176 Å². The third kappa shape index (κ3) is 4.48. The van der Waals surface area contributed by atoms with Crippen LogP contribution in [0.25, 0.3) is 72.5 Å². The number of imidazole rings is 1. The zero-order chi connectivity index (χ0) is 32.3. The van der Waals surface area contributed by atoms with Gasteiger partial charge in [0, 0.05) is 34.8 Å². The predicted octanol–water partition coefficient (Wildman–Crippen LogP) is 10.2. The zero-order valence-corrected chi connectivity index (χ0v) is 26.4. The van der Waals surface area contributed by atoms with Crippen LogP contribution in [-0.2, 0) is 0 Å². The van der Waals surface area contributed by atoms with Crippen molar-refractivity contribution in [3.63, 3.8) is 0 Å². The molecule has 230 valence electrons. The van der Waals surface area contributed by atoms with Crippen LogP contribution in [0.15, 0.2) is 170 Å². The third-order valence-electron chi connectivity index (χ3n) is 9.38. The molecule has 4 heterocycles. The molecule has 0 radical (unpaired) electrons. The lowest BCUT2D eigenvalue weighted by atomic mass is 9.92. The number of hydrogen-bond acceptors (Lipinski definition) is 2. The molecule has 0 fully saturated rings. The van der Waals surface area contributed by atoms with Gasteiger partial charge in [0.05, 0.1) is 28.1 Å². The van der Waals surface area contributed by atoms with Crippen molar-refractivity contribution < 1.29 is 9.30 Å². The molecular weight excluding hydrogens is 601 g/mol. The van der Waals surface area contributed by atoms with Crippen LogP contribution >= 0.6 is 0 Å². The maximum absolute atomic E-state index is 6.54.